The molecule has 0 aliphatic heterocycles. The van der Waals surface area contributed by atoms with Crippen molar-refractivity contribution in [1.82, 2.24) is 0 Å². The second-order valence-corrected chi connectivity index (χ2v) is 10.7. The van der Waals surface area contributed by atoms with Crippen molar-refractivity contribution < 1.29 is 32.7 Å². The number of carbonyl (C=O) groups is 2. The van der Waals surface area contributed by atoms with E-state index in [1.165, 1.54) is 0 Å². The summed E-state index contributed by atoms with van der Waals surface area (Å²) in [5.41, 5.74) is 0.750. The maximum absolute atomic E-state index is 12.4. The fourth-order valence-corrected chi connectivity index (χ4v) is 5.62. The standard InChI is InChI=1S/C27H46NO7P/c1-4-32-27(30)20-17-22-33-26-19-14-13-18-25(26)28(24-29)21-15-11-9-7-8-10-12-16-23-36(31,34-5-2)35-6-3/h13-14,18-19,24H,4-12,15-17,20-23H2,1-3H3. The van der Waals surface area contributed by atoms with Gasteiger partial charge in [0.2, 0.25) is 6.41 Å². The lowest BCUT2D eigenvalue weighted by Gasteiger charge is -2.21. The van der Waals surface area contributed by atoms with Crippen LogP contribution in [0.15, 0.2) is 24.3 Å². The van der Waals surface area contributed by atoms with Gasteiger partial charge in [0.15, 0.2) is 0 Å². The molecule has 0 aliphatic rings. The number of para-hydroxylation sites is 2. The topological polar surface area (TPSA) is 91.4 Å². The van der Waals surface area contributed by atoms with Crippen LogP contribution in [-0.4, -0.2) is 51.5 Å². The van der Waals surface area contributed by atoms with E-state index in [1.54, 1.807) is 11.8 Å². The van der Waals surface area contributed by atoms with E-state index in [4.69, 9.17) is 18.5 Å². The van der Waals surface area contributed by atoms with Gasteiger partial charge in [-0.25, -0.2) is 0 Å². The van der Waals surface area contributed by atoms with Crippen LogP contribution >= 0.6 is 7.60 Å². The third-order valence-corrected chi connectivity index (χ3v) is 7.79. The van der Waals surface area contributed by atoms with Gasteiger partial charge in [-0.15, -0.1) is 0 Å². The van der Waals surface area contributed by atoms with Gasteiger partial charge >= 0.3 is 13.6 Å². The highest BCUT2D eigenvalue weighted by atomic mass is 31.2. The summed E-state index contributed by atoms with van der Waals surface area (Å²) in [6.07, 6.45) is 10.6. The van der Waals surface area contributed by atoms with Crippen LogP contribution in [0.4, 0.5) is 5.69 Å². The number of unbranched alkanes of at least 4 members (excludes halogenated alkanes) is 7. The summed E-state index contributed by atoms with van der Waals surface area (Å²) >= 11 is 0. The maximum Gasteiger partial charge on any atom is 0.330 e. The molecule has 0 unspecified atom stereocenters. The van der Waals surface area contributed by atoms with E-state index in [9.17, 15) is 14.2 Å². The molecule has 1 rings (SSSR count). The largest absolute Gasteiger partial charge is 0.491 e. The van der Waals surface area contributed by atoms with E-state index in [0.717, 1.165) is 63.5 Å². The van der Waals surface area contributed by atoms with Crippen LogP contribution in [0.5, 0.6) is 5.75 Å². The van der Waals surface area contributed by atoms with Gasteiger partial charge in [-0.05, 0) is 52.2 Å². The molecule has 0 radical (unpaired) electrons. The third kappa shape index (κ3) is 14.0. The number of carbonyl (C=O) groups excluding carboxylic acids is 2. The molecule has 0 saturated carbocycles. The fraction of sp³-hybridized carbons (Fsp3) is 0.704. The first-order chi connectivity index (χ1) is 17.5. The molecular formula is C27H46NO7P. The summed E-state index contributed by atoms with van der Waals surface area (Å²) in [7, 11) is -2.91. The van der Waals surface area contributed by atoms with Crippen molar-refractivity contribution in [3.63, 3.8) is 0 Å². The van der Waals surface area contributed by atoms with Crippen LogP contribution in [0.3, 0.4) is 0 Å². The lowest BCUT2D eigenvalue weighted by atomic mass is 10.1. The Balaban J connectivity index is 2.25. The summed E-state index contributed by atoms with van der Waals surface area (Å²) in [4.78, 5) is 24.9. The molecule has 0 aliphatic carbocycles. The molecule has 0 spiro atoms. The summed E-state index contributed by atoms with van der Waals surface area (Å²) in [5.74, 6) is 0.421. The SMILES string of the molecule is CCOC(=O)CCCOc1ccccc1N(C=O)CCCCCCCCCCP(=O)(OCC)OCC. The summed E-state index contributed by atoms with van der Waals surface area (Å²) < 4.78 is 33.9. The number of ether oxygens (including phenoxy) is 2. The predicted molar refractivity (Wildman–Crippen MR) is 144 cm³/mol. The highest BCUT2D eigenvalue weighted by molar-refractivity contribution is 7.53. The number of benzene rings is 1. The minimum absolute atomic E-state index is 0.224. The molecule has 36 heavy (non-hydrogen) atoms. The number of anilines is 1. The van der Waals surface area contributed by atoms with E-state index >= 15 is 0 Å². The Kier molecular flexibility index (Phi) is 18.0. The van der Waals surface area contributed by atoms with Crippen molar-refractivity contribution in [3.8, 4) is 5.75 Å². The zero-order valence-corrected chi connectivity index (χ0v) is 23.3. The average Bonchev–Trinajstić information content (AvgIpc) is 2.86. The molecule has 0 atom stereocenters. The molecular weight excluding hydrogens is 481 g/mol. The van der Waals surface area contributed by atoms with Crippen molar-refractivity contribution in [1.29, 1.82) is 0 Å². The van der Waals surface area contributed by atoms with E-state index < -0.39 is 7.60 Å². The zero-order valence-electron chi connectivity index (χ0n) is 22.5. The van der Waals surface area contributed by atoms with Gasteiger partial charge in [0.05, 0.1) is 38.3 Å². The molecule has 1 amide bonds. The second kappa shape index (κ2) is 20.2. The Morgan fingerprint density at radius 3 is 2.08 bits per heavy atom. The highest BCUT2D eigenvalue weighted by Crippen LogP contribution is 2.48. The van der Waals surface area contributed by atoms with Crippen molar-refractivity contribution in [2.45, 2.75) is 85.0 Å². The summed E-state index contributed by atoms with van der Waals surface area (Å²) in [6, 6.07) is 7.49. The van der Waals surface area contributed by atoms with Crippen LogP contribution in [0, 0.1) is 0 Å². The fourth-order valence-electron chi connectivity index (χ4n) is 3.89. The molecule has 0 heterocycles. The second-order valence-electron chi connectivity index (χ2n) is 8.52. The van der Waals surface area contributed by atoms with Crippen molar-refractivity contribution in [3.05, 3.63) is 24.3 Å². The van der Waals surface area contributed by atoms with Gasteiger partial charge < -0.3 is 23.4 Å². The molecule has 8 nitrogen and oxygen atoms in total. The van der Waals surface area contributed by atoms with Crippen LogP contribution in [0.25, 0.3) is 0 Å². The molecule has 0 aromatic heterocycles. The number of hydrogen-bond acceptors (Lipinski definition) is 7. The smallest absolute Gasteiger partial charge is 0.330 e. The van der Waals surface area contributed by atoms with Crippen molar-refractivity contribution in [2.24, 2.45) is 0 Å². The molecule has 206 valence electrons. The van der Waals surface area contributed by atoms with E-state index in [-0.39, 0.29) is 5.97 Å². The van der Waals surface area contributed by atoms with E-state index in [0.29, 0.717) is 57.7 Å². The minimum atomic E-state index is -2.91. The Morgan fingerprint density at radius 2 is 1.47 bits per heavy atom. The average molecular weight is 528 g/mol. The quantitative estimate of drug-likeness (QED) is 0.0672. The van der Waals surface area contributed by atoms with E-state index in [2.05, 4.69) is 0 Å². The first-order valence-corrected chi connectivity index (χ1v) is 15.2. The molecule has 0 fully saturated rings. The van der Waals surface area contributed by atoms with Gasteiger partial charge in [-0.3, -0.25) is 14.2 Å². The molecule has 0 N–H and O–H groups in total. The molecule has 9 heteroatoms. The first kappa shape index (κ1) is 32.1. The monoisotopic (exact) mass is 527 g/mol. The Hall–Kier alpha value is -1.89. The number of hydrogen-bond donors (Lipinski definition) is 0. The van der Waals surface area contributed by atoms with Gasteiger partial charge in [-0.1, -0.05) is 50.7 Å². The highest BCUT2D eigenvalue weighted by Gasteiger charge is 2.22. The van der Waals surface area contributed by atoms with Crippen LogP contribution in [0.1, 0.15) is 85.0 Å². The summed E-state index contributed by atoms with van der Waals surface area (Å²) in [6.45, 7) is 7.68. The van der Waals surface area contributed by atoms with Crippen molar-refractivity contribution >= 4 is 25.7 Å². The van der Waals surface area contributed by atoms with Gasteiger partial charge in [0.1, 0.15) is 5.75 Å². The minimum Gasteiger partial charge on any atom is -0.491 e. The normalized spacial score (nSPS) is 11.3. The van der Waals surface area contributed by atoms with Crippen LogP contribution < -0.4 is 9.64 Å². The van der Waals surface area contributed by atoms with Gasteiger partial charge in [-0.2, -0.15) is 0 Å². The number of nitrogens with zero attached hydrogens (tertiary/aromatic N) is 1. The molecule has 1 aromatic rings. The van der Waals surface area contributed by atoms with Crippen LogP contribution in [0.2, 0.25) is 0 Å². The van der Waals surface area contributed by atoms with Crippen LogP contribution in [-0.2, 0) is 27.9 Å². The van der Waals surface area contributed by atoms with Crippen molar-refractivity contribution in [2.75, 3.05) is 44.0 Å². The number of rotatable bonds is 23. The lowest BCUT2D eigenvalue weighted by molar-refractivity contribution is -0.143. The zero-order chi connectivity index (χ0) is 26.5. The Bertz CT molecular complexity index is 764. The first-order valence-electron chi connectivity index (χ1n) is 13.5. The lowest BCUT2D eigenvalue weighted by Crippen LogP contribution is -2.23. The van der Waals surface area contributed by atoms with Gasteiger partial charge in [0, 0.05) is 13.0 Å². The summed E-state index contributed by atoms with van der Waals surface area (Å²) in [5, 5.41) is 0. The Morgan fingerprint density at radius 1 is 0.861 bits per heavy atom. The van der Waals surface area contributed by atoms with Gasteiger partial charge in [0.25, 0.3) is 0 Å². The predicted octanol–water partition coefficient (Wildman–Crippen LogP) is 6.76. The molecule has 0 saturated heterocycles. The van der Waals surface area contributed by atoms with E-state index in [1.807, 2.05) is 38.1 Å². The number of esters is 1. The molecule has 1 aromatic carbocycles. The maximum atomic E-state index is 12.4. The number of amides is 1. The Labute approximate surface area is 217 Å². The third-order valence-electron chi connectivity index (χ3n) is 5.62. The molecule has 0 bridgehead atoms.